The van der Waals surface area contributed by atoms with E-state index in [0.717, 1.165) is 41.0 Å². The molecule has 0 saturated heterocycles. The quantitative estimate of drug-likeness (QED) is 0.813. The predicted molar refractivity (Wildman–Crippen MR) is 63.6 cm³/mol. The Bertz CT molecular complexity index is 531. The fourth-order valence-electron chi connectivity index (χ4n) is 1.98. The van der Waals surface area contributed by atoms with Crippen molar-refractivity contribution in [1.82, 2.24) is 19.3 Å². The van der Waals surface area contributed by atoms with E-state index in [-0.39, 0.29) is 0 Å². The molecule has 0 aliphatic heterocycles. The van der Waals surface area contributed by atoms with Crippen molar-refractivity contribution >= 4 is 23.4 Å². The molecule has 2 aromatic heterocycles. The second kappa shape index (κ2) is 3.81. The maximum atomic E-state index is 5.28. The largest absolute Gasteiger partial charge is 0.328 e. The fourth-order valence-corrected chi connectivity index (χ4v) is 2.30. The van der Waals surface area contributed by atoms with Crippen molar-refractivity contribution in [2.45, 2.75) is 33.2 Å². The standard InChI is InChI=1S/C10H16N4S/c1-4-6-7-8-9(13(3)12-7)14(5-2)10(15)11-8/h4-6H2,1-3H3,(H,11,15). The number of hydrogen-bond donors (Lipinski definition) is 1. The van der Waals surface area contributed by atoms with E-state index in [0.29, 0.717) is 0 Å². The first-order valence-electron chi connectivity index (χ1n) is 5.33. The van der Waals surface area contributed by atoms with Crippen LogP contribution in [0.25, 0.3) is 11.2 Å². The smallest absolute Gasteiger partial charge is 0.179 e. The monoisotopic (exact) mass is 224 g/mol. The van der Waals surface area contributed by atoms with Crippen LogP contribution in [0.15, 0.2) is 0 Å². The van der Waals surface area contributed by atoms with E-state index in [2.05, 4.69) is 28.5 Å². The fraction of sp³-hybridized carbons (Fsp3) is 0.600. The van der Waals surface area contributed by atoms with Gasteiger partial charge in [-0.25, -0.2) is 0 Å². The molecule has 0 saturated carbocycles. The number of aryl methyl sites for hydroxylation is 3. The molecule has 0 aromatic carbocycles. The van der Waals surface area contributed by atoms with Crippen molar-refractivity contribution in [2.75, 3.05) is 0 Å². The zero-order valence-corrected chi connectivity index (χ0v) is 10.2. The Morgan fingerprint density at radius 1 is 1.40 bits per heavy atom. The highest BCUT2D eigenvalue weighted by molar-refractivity contribution is 7.71. The number of imidazole rings is 1. The molecule has 0 aliphatic rings. The molecule has 15 heavy (non-hydrogen) atoms. The summed E-state index contributed by atoms with van der Waals surface area (Å²) in [4.78, 5) is 3.25. The lowest BCUT2D eigenvalue weighted by atomic mass is 10.2. The Morgan fingerprint density at radius 2 is 2.13 bits per heavy atom. The van der Waals surface area contributed by atoms with Gasteiger partial charge in [-0.1, -0.05) is 13.3 Å². The molecule has 2 heterocycles. The molecule has 0 atom stereocenters. The van der Waals surface area contributed by atoms with Crippen molar-refractivity contribution in [1.29, 1.82) is 0 Å². The van der Waals surface area contributed by atoms with E-state index in [4.69, 9.17) is 12.2 Å². The van der Waals surface area contributed by atoms with Crippen LogP contribution < -0.4 is 0 Å². The molecule has 0 aliphatic carbocycles. The average molecular weight is 224 g/mol. The van der Waals surface area contributed by atoms with Crippen LogP contribution in [0, 0.1) is 4.77 Å². The van der Waals surface area contributed by atoms with Gasteiger partial charge in [0.25, 0.3) is 0 Å². The molecular weight excluding hydrogens is 208 g/mol. The number of nitrogens with zero attached hydrogens (tertiary/aromatic N) is 3. The second-order valence-electron chi connectivity index (χ2n) is 3.69. The molecule has 0 radical (unpaired) electrons. The maximum Gasteiger partial charge on any atom is 0.179 e. The van der Waals surface area contributed by atoms with Crippen LogP contribution in [0.2, 0.25) is 0 Å². The van der Waals surface area contributed by atoms with E-state index < -0.39 is 0 Å². The van der Waals surface area contributed by atoms with Gasteiger partial charge >= 0.3 is 0 Å². The molecule has 4 nitrogen and oxygen atoms in total. The van der Waals surface area contributed by atoms with Crippen LogP contribution in [0.1, 0.15) is 26.0 Å². The van der Waals surface area contributed by atoms with E-state index in [1.165, 1.54) is 0 Å². The lowest BCUT2D eigenvalue weighted by molar-refractivity contribution is 0.691. The van der Waals surface area contributed by atoms with Crippen LogP contribution in [0.3, 0.4) is 0 Å². The van der Waals surface area contributed by atoms with Gasteiger partial charge in [0.15, 0.2) is 10.4 Å². The van der Waals surface area contributed by atoms with Crippen molar-refractivity contribution < 1.29 is 0 Å². The molecule has 82 valence electrons. The molecule has 0 unspecified atom stereocenters. The van der Waals surface area contributed by atoms with Crippen LogP contribution in [0.5, 0.6) is 0 Å². The number of aromatic amines is 1. The molecule has 1 N–H and O–H groups in total. The van der Waals surface area contributed by atoms with Gasteiger partial charge in [0.05, 0.1) is 5.69 Å². The number of H-pyrrole nitrogens is 1. The Hall–Kier alpha value is -1.10. The van der Waals surface area contributed by atoms with Crippen molar-refractivity contribution in [3.05, 3.63) is 10.5 Å². The summed E-state index contributed by atoms with van der Waals surface area (Å²) >= 11 is 5.28. The number of aromatic nitrogens is 4. The average Bonchev–Trinajstić information content (AvgIpc) is 2.66. The molecular formula is C10H16N4S. The van der Waals surface area contributed by atoms with Gasteiger partial charge in [0, 0.05) is 13.6 Å². The van der Waals surface area contributed by atoms with Crippen LogP contribution >= 0.6 is 12.2 Å². The predicted octanol–water partition coefficient (Wildman–Crippen LogP) is 2.40. The molecule has 0 fully saturated rings. The summed E-state index contributed by atoms with van der Waals surface area (Å²) in [5.41, 5.74) is 3.32. The Labute approximate surface area is 93.9 Å². The maximum absolute atomic E-state index is 5.28. The van der Waals surface area contributed by atoms with Crippen LogP contribution in [-0.4, -0.2) is 19.3 Å². The van der Waals surface area contributed by atoms with Gasteiger partial charge in [-0.05, 0) is 25.6 Å². The molecule has 2 rings (SSSR count). The minimum atomic E-state index is 0.790. The molecule has 0 bridgehead atoms. The van der Waals surface area contributed by atoms with Gasteiger partial charge in [0.2, 0.25) is 0 Å². The summed E-state index contributed by atoms with van der Waals surface area (Å²) in [7, 11) is 1.97. The zero-order chi connectivity index (χ0) is 11.0. The first-order valence-corrected chi connectivity index (χ1v) is 5.74. The summed E-state index contributed by atoms with van der Waals surface area (Å²) in [6.07, 6.45) is 2.10. The van der Waals surface area contributed by atoms with E-state index in [9.17, 15) is 0 Å². The number of hydrogen-bond acceptors (Lipinski definition) is 2. The molecule has 5 heteroatoms. The first-order chi connectivity index (χ1) is 7.19. The van der Waals surface area contributed by atoms with Gasteiger partial charge in [0.1, 0.15) is 5.52 Å². The van der Waals surface area contributed by atoms with Crippen molar-refractivity contribution in [3.63, 3.8) is 0 Å². The Kier molecular flexibility index (Phi) is 2.65. The van der Waals surface area contributed by atoms with Gasteiger partial charge in [-0.15, -0.1) is 0 Å². The lowest BCUT2D eigenvalue weighted by Crippen LogP contribution is -2.01. The highest BCUT2D eigenvalue weighted by Crippen LogP contribution is 2.18. The number of fused-ring (bicyclic) bond motifs is 1. The Balaban J connectivity index is 2.74. The SMILES string of the molecule is CCCc1nn(C)c2c1[nH]c(=S)n2CC. The van der Waals surface area contributed by atoms with Gasteiger partial charge in [-0.2, -0.15) is 5.10 Å². The summed E-state index contributed by atoms with van der Waals surface area (Å²) in [6.45, 7) is 5.13. The number of rotatable bonds is 3. The Morgan fingerprint density at radius 3 is 2.73 bits per heavy atom. The van der Waals surface area contributed by atoms with Crippen molar-refractivity contribution in [3.8, 4) is 0 Å². The third-order valence-corrected chi connectivity index (χ3v) is 2.95. The first kappa shape index (κ1) is 10.4. The second-order valence-corrected chi connectivity index (χ2v) is 4.08. The summed E-state index contributed by atoms with van der Waals surface area (Å²) in [5.74, 6) is 0. The van der Waals surface area contributed by atoms with E-state index in [1.54, 1.807) is 0 Å². The van der Waals surface area contributed by atoms with E-state index in [1.807, 2.05) is 11.7 Å². The minimum Gasteiger partial charge on any atom is -0.328 e. The summed E-state index contributed by atoms with van der Waals surface area (Å²) in [5, 5.41) is 4.51. The highest BCUT2D eigenvalue weighted by atomic mass is 32.1. The van der Waals surface area contributed by atoms with Crippen LogP contribution in [0.4, 0.5) is 0 Å². The summed E-state index contributed by atoms with van der Waals surface area (Å²) < 4.78 is 4.78. The minimum absolute atomic E-state index is 0.790. The lowest BCUT2D eigenvalue weighted by Gasteiger charge is -1.98. The topological polar surface area (TPSA) is 38.5 Å². The van der Waals surface area contributed by atoms with Crippen LogP contribution in [-0.2, 0) is 20.0 Å². The molecule has 0 spiro atoms. The number of nitrogens with one attached hydrogen (secondary N) is 1. The summed E-state index contributed by atoms with van der Waals surface area (Å²) in [6, 6.07) is 0. The van der Waals surface area contributed by atoms with Gasteiger partial charge < -0.3 is 9.55 Å². The highest BCUT2D eigenvalue weighted by Gasteiger charge is 2.13. The third kappa shape index (κ3) is 1.51. The molecule has 2 aromatic rings. The third-order valence-electron chi connectivity index (χ3n) is 2.63. The normalized spacial score (nSPS) is 11.4. The van der Waals surface area contributed by atoms with Gasteiger partial charge in [-0.3, -0.25) is 4.68 Å². The van der Waals surface area contributed by atoms with E-state index >= 15 is 0 Å². The zero-order valence-electron chi connectivity index (χ0n) is 9.37. The molecule has 0 amide bonds. The van der Waals surface area contributed by atoms with Crippen molar-refractivity contribution in [2.24, 2.45) is 7.05 Å².